The Morgan fingerprint density at radius 1 is 1.32 bits per heavy atom. The first-order valence-corrected chi connectivity index (χ1v) is 11.9. The molecule has 1 aliphatic carbocycles. The van der Waals surface area contributed by atoms with Crippen LogP contribution in [0.25, 0.3) is 0 Å². The lowest BCUT2D eigenvalue weighted by molar-refractivity contribution is -0.140. The van der Waals surface area contributed by atoms with Gasteiger partial charge in [-0.3, -0.25) is 9.69 Å². The molecule has 0 aromatic heterocycles. The number of nitrogens with zero attached hydrogens (tertiary/aromatic N) is 1. The Bertz CT molecular complexity index is 1000. The number of carbonyl (C=O) groups excluding carboxylic acids is 1. The minimum absolute atomic E-state index is 0.0746. The van der Waals surface area contributed by atoms with E-state index in [9.17, 15) is 23.1 Å². The predicted octanol–water partition coefficient (Wildman–Crippen LogP) is 2.31. The van der Waals surface area contributed by atoms with Gasteiger partial charge in [0.15, 0.2) is 14.6 Å². The molecule has 3 rings (SSSR count). The van der Waals surface area contributed by atoms with Gasteiger partial charge in [-0.15, -0.1) is 0 Å². The zero-order valence-electron chi connectivity index (χ0n) is 17.8. The van der Waals surface area contributed by atoms with Gasteiger partial charge in [0.1, 0.15) is 6.10 Å². The number of benzene rings is 1. The summed E-state index contributed by atoms with van der Waals surface area (Å²) >= 11 is 0. The van der Waals surface area contributed by atoms with Crippen molar-refractivity contribution in [3.8, 4) is 11.8 Å². The number of hydrogen-bond acceptors (Lipinski definition) is 6. The summed E-state index contributed by atoms with van der Waals surface area (Å²) in [5.74, 6) is 5.91. The molecule has 1 amide bonds. The Kier molecular flexibility index (Phi) is 6.62. The molecule has 1 saturated heterocycles. The largest absolute Gasteiger partial charge is 0.480 e. The lowest BCUT2D eigenvalue weighted by atomic mass is 9.76. The summed E-state index contributed by atoms with van der Waals surface area (Å²) in [4.78, 5) is 25.2. The van der Waals surface area contributed by atoms with Crippen molar-refractivity contribution in [3.05, 3.63) is 29.8 Å². The van der Waals surface area contributed by atoms with E-state index in [0.29, 0.717) is 17.5 Å². The van der Waals surface area contributed by atoms with Crippen LogP contribution in [0.5, 0.6) is 0 Å². The molecule has 1 aliphatic heterocycles. The van der Waals surface area contributed by atoms with Crippen LogP contribution in [-0.2, 0) is 24.1 Å². The molecule has 2 atom stereocenters. The Hall–Kier alpha value is -2.57. The van der Waals surface area contributed by atoms with Gasteiger partial charge in [-0.05, 0) is 49.9 Å². The molecule has 0 radical (unpaired) electrons. The average molecular weight is 450 g/mol. The lowest BCUT2D eigenvalue weighted by Crippen LogP contribution is -2.46. The Labute approximate surface area is 182 Å². The van der Waals surface area contributed by atoms with Crippen molar-refractivity contribution < 1.29 is 32.6 Å². The van der Waals surface area contributed by atoms with Crippen LogP contribution in [0.2, 0.25) is 0 Å². The number of anilines is 1. The maximum atomic E-state index is 12.3. The zero-order valence-corrected chi connectivity index (χ0v) is 18.6. The van der Waals surface area contributed by atoms with Crippen LogP contribution in [0.1, 0.15) is 31.7 Å². The minimum Gasteiger partial charge on any atom is -0.480 e. The molecule has 9 heteroatoms. The number of carbonyl (C=O) groups is 2. The Balaban J connectivity index is 1.62. The fourth-order valence-corrected chi connectivity index (χ4v) is 4.61. The van der Waals surface area contributed by atoms with Crippen LogP contribution < -0.4 is 4.90 Å². The third kappa shape index (κ3) is 5.02. The van der Waals surface area contributed by atoms with Crippen LogP contribution in [0.3, 0.4) is 0 Å². The highest BCUT2D eigenvalue weighted by Gasteiger charge is 2.48. The molecule has 1 N–H and O–H groups in total. The van der Waals surface area contributed by atoms with E-state index in [0.717, 1.165) is 38.2 Å². The normalized spacial score (nSPS) is 25.1. The first kappa shape index (κ1) is 23.1. The number of carboxylic acid groups (broad SMARTS) is 1. The van der Waals surface area contributed by atoms with E-state index in [1.54, 1.807) is 19.2 Å². The van der Waals surface area contributed by atoms with Crippen molar-refractivity contribution in [1.82, 2.24) is 0 Å². The van der Waals surface area contributed by atoms with Gasteiger partial charge in [0.05, 0.1) is 6.54 Å². The zero-order chi connectivity index (χ0) is 22.8. The van der Waals surface area contributed by atoms with E-state index in [4.69, 9.17) is 9.47 Å². The topological polar surface area (TPSA) is 110 Å². The second-order valence-electron chi connectivity index (χ2n) is 8.43. The Morgan fingerprint density at radius 3 is 2.52 bits per heavy atom. The fraction of sp³-hybridized carbons (Fsp3) is 0.545. The number of amides is 1. The molecule has 1 heterocycles. The van der Waals surface area contributed by atoms with Gasteiger partial charge in [-0.25, -0.2) is 13.2 Å². The molecule has 31 heavy (non-hydrogen) atoms. The van der Waals surface area contributed by atoms with Gasteiger partial charge in [0.25, 0.3) is 0 Å². The maximum absolute atomic E-state index is 12.3. The smallest absolute Gasteiger partial charge is 0.414 e. The number of carboxylic acids is 1. The molecule has 8 nitrogen and oxygen atoms in total. The number of methoxy groups -OCH3 is 1. The first-order valence-electron chi connectivity index (χ1n) is 10.0. The molecule has 0 unspecified atom stereocenters. The molecule has 168 valence electrons. The van der Waals surface area contributed by atoms with Gasteiger partial charge in [-0.2, -0.15) is 0 Å². The minimum atomic E-state index is -3.91. The highest BCUT2D eigenvalue weighted by molar-refractivity contribution is 7.92. The molecule has 1 saturated carbocycles. The summed E-state index contributed by atoms with van der Waals surface area (Å²) in [7, 11) is -2.20. The lowest BCUT2D eigenvalue weighted by Gasteiger charge is -2.30. The van der Waals surface area contributed by atoms with Crippen molar-refractivity contribution in [2.45, 2.75) is 37.0 Å². The van der Waals surface area contributed by atoms with Gasteiger partial charge in [0, 0.05) is 43.6 Å². The van der Waals surface area contributed by atoms with E-state index < -0.39 is 32.8 Å². The summed E-state index contributed by atoms with van der Waals surface area (Å²) in [5, 5.41) is 9.41. The fourth-order valence-electron chi connectivity index (χ4n) is 3.81. The molecule has 2 fully saturated rings. The number of aliphatic carboxylic acids is 1. The first-order chi connectivity index (χ1) is 14.5. The third-order valence-corrected chi connectivity index (χ3v) is 7.98. The van der Waals surface area contributed by atoms with Crippen LogP contribution in [0.15, 0.2) is 24.3 Å². The Morgan fingerprint density at radius 2 is 1.97 bits per heavy atom. The monoisotopic (exact) mass is 449 g/mol. The highest BCUT2D eigenvalue weighted by Crippen LogP contribution is 2.33. The van der Waals surface area contributed by atoms with Crippen LogP contribution in [-0.4, -0.2) is 63.0 Å². The number of cyclic esters (lactones) is 1. The third-order valence-electron chi connectivity index (χ3n) is 6.00. The SMILES string of the molecule is COCC1CC(C#Cc2ccc(N3C[C@H](C[C@](C)(C(=O)O)S(C)(=O)=O)OC3=O)cc2)C1. The number of hydrogen-bond donors (Lipinski definition) is 1. The molecule has 0 bridgehead atoms. The average Bonchev–Trinajstić information content (AvgIpc) is 3.02. The highest BCUT2D eigenvalue weighted by atomic mass is 32.2. The van der Waals surface area contributed by atoms with Crippen LogP contribution in [0, 0.1) is 23.7 Å². The van der Waals surface area contributed by atoms with Crippen molar-refractivity contribution in [3.63, 3.8) is 0 Å². The molecule has 1 aromatic rings. The van der Waals surface area contributed by atoms with E-state index in [-0.39, 0.29) is 13.0 Å². The second kappa shape index (κ2) is 8.89. The molecular weight excluding hydrogens is 422 g/mol. The summed E-state index contributed by atoms with van der Waals surface area (Å²) in [5.41, 5.74) is 1.41. The summed E-state index contributed by atoms with van der Waals surface area (Å²) in [6, 6.07) is 7.11. The van der Waals surface area contributed by atoms with Crippen molar-refractivity contribution in [2.24, 2.45) is 11.8 Å². The second-order valence-corrected chi connectivity index (χ2v) is 10.9. The summed E-state index contributed by atoms with van der Waals surface area (Å²) < 4.78 is 32.3. The number of rotatable bonds is 7. The predicted molar refractivity (Wildman–Crippen MR) is 115 cm³/mol. The van der Waals surface area contributed by atoms with Gasteiger partial charge in [0.2, 0.25) is 0 Å². The number of sulfone groups is 1. The van der Waals surface area contributed by atoms with E-state index in [1.165, 1.54) is 4.90 Å². The molecule has 0 spiro atoms. The van der Waals surface area contributed by atoms with Gasteiger partial charge in [-0.1, -0.05) is 11.8 Å². The van der Waals surface area contributed by atoms with E-state index in [2.05, 4.69) is 11.8 Å². The van der Waals surface area contributed by atoms with E-state index >= 15 is 0 Å². The molecule has 2 aliphatic rings. The molecule has 1 aromatic carbocycles. The molecular formula is C22H27NO7S. The van der Waals surface area contributed by atoms with Crippen molar-refractivity contribution in [2.75, 3.05) is 31.4 Å². The van der Waals surface area contributed by atoms with Crippen molar-refractivity contribution in [1.29, 1.82) is 0 Å². The maximum Gasteiger partial charge on any atom is 0.414 e. The van der Waals surface area contributed by atoms with Crippen LogP contribution in [0.4, 0.5) is 10.5 Å². The van der Waals surface area contributed by atoms with Gasteiger partial charge < -0.3 is 14.6 Å². The van der Waals surface area contributed by atoms with Crippen LogP contribution >= 0.6 is 0 Å². The summed E-state index contributed by atoms with van der Waals surface area (Å²) in [6.07, 6.45) is 1.16. The quantitative estimate of drug-likeness (QED) is 0.636. The van der Waals surface area contributed by atoms with E-state index in [1.807, 2.05) is 12.1 Å². The van der Waals surface area contributed by atoms with Gasteiger partial charge >= 0.3 is 12.1 Å². The number of ether oxygens (including phenoxy) is 2. The van der Waals surface area contributed by atoms with Crippen molar-refractivity contribution >= 4 is 27.6 Å². The standard InChI is InChI=1S/C22H27NO7S/c1-22(20(24)25,31(3,27)28)12-19-13-23(21(26)30-19)18-8-6-15(7-9-18)4-5-16-10-17(11-16)14-29-2/h6-9,16-17,19H,10-14H2,1-3H3,(H,24,25)/t16?,17?,19-,22+/m0/s1. The summed E-state index contributed by atoms with van der Waals surface area (Å²) in [6.45, 7) is 1.98.